The standard InChI is InChI=1S/C15H20N2O2S/c1-17(12-6-4-11(5-7-12)14(16)20)13(18)10-15(19-2)8-3-9-15/h4-7H,3,8-10H2,1-2H3,(H2,16,20). The van der Waals surface area contributed by atoms with Crippen LogP contribution in [0.4, 0.5) is 5.69 Å². The van der Waals surface area contributed by atoms with E-state index >= 15 is 0 Å². The smallest absolute Gasteiger partial charge is 0.229 e. The number of carbonyl (C=O) groups excluding carboxylic acids is 1. The van der Waals surface area contributed by atoms with Gasteiger partial charge >= 0.3 is 0 Å². The molecule has 0 unspecified atom stereocenters. The van der Waals surface area contributed by atoms with Gasteiger partial charge < -0.3 is 15.4 Å². The Kier molecular flexibility index (Phi) is 4.40. The van der Waals surface area contributed by atoms with E-state index in [0.29, 0.717) is 11.4 Å². The van der Waals surface area contributed by atoms with Gasteiger partial charge in [0, 0.05) is 25.4 Å². The largest absolute Gasteiger partial charge is 0.389 e. The lowest BCUT2D eigenvalue weighted by atomic mass is 9.77. The Hall–Kier alpha value is -1.46. The summed E-state index contributed by atoms with van der Waals surface area (Å²) in [5.74, 6) is 0.0645. The first-order chi connectivity index (χ1) is 9.47. The zero-order chi connectivity index (χ0) is 14.8. The lowest BCUT2D eigenvalue weighted by Crippen LogP contribution is -2.44. The van der Waals surface area contributed by atoms with E-state index in [1.807, 2.05) is 24.3 Å². The Balaban J connectivity index is 2.04. The third kappa shape index (κ3) is 2.99. The first kappa shape index (κ1) is 14.9. The molecule has 1 saturated carbocycles. The van der Waals surface area contributed by atoms with E-state index < -0.39 is 0 Å². The molecule has 0 radical (unpaired) electrons. The monoisotopic (exact) mass is 292 g/mol. The maximum Gasteiger partial charge on any atom is 0.229 e. The summed E-state index contributed by atoms with van der Waals surface area (Å²) in [6.07, 6.45) is 3.48. The highest BCUT2D eigenvalue weighted by Crippen LogP contribution is 2.38. The SMILES string of the molecule is COC1(CC(=O)N(C)c2ccc(C(N)=S)cc2)CCC1. The molecule has 4 nitrogen and oxygen atoms in total. The van der Waals surface area contributed by atoms with Gasteiger partial charge in [-0.3, -0.25) is 4.79 Å². The van der Waals surface area contributed by atoms with Gasteiger partial charge in [-0.15, -0.1) is 0 Å². The lowest BCUT2D eigenvalue weighted by molar-refractivity contribution is -0.131. The van der Waals surface area contributed by atoms with Crippen molar-refractivity contribution < 1.29 is 9.53 Å². The topological polar surface area (TPSA) is 55.6 Å². The van der Waals surface area contributed by atoms with Crippen LogP contribution in [-0.4, -0.2) is 30.7 Å². The number of nitrogens with two attached hydrogens (primary N) is 1. The fraction of sp³-hybridized carbons (Fsp3) is 0.467. The second kappa shape index (κ2) is 5.89. The van der Waals surface area contributed by atoms with Gasteiger partial charge in [0.1, 0.15) is 4.99 Å². The minimum absolute atomic E-state index is 0.0645. The van der Waals surface area contributed by atoms with E-state index in [0.717, 1.165) is 30.5 Å². The molecule has 0 aliphatic heterocycles. The molecule has 1 amide bonds. The van der Waals surface area contributed by atoms with Crippen molar-refractivity contribution in [1.82, 2.24) is 0 Å². The predicted molar refractivity (Wildman–Crippen MR) is 83.9 cm³/mol. The van der Waals surface area contributed by atoms with Crippen molar-refractivity contribution in [1.29, 1.82) is 0 Å². The fourth-order valence-corrected chi connectivity index (χ4v) is 2.55. The molecule has 0 aromatic heterocycles. The van der Waals surface area contributed by atoms with Crippen molar-refractivity contribution in [2.24, 2.45) is 5.73 Å². The number of methoxy groups -OCH3 is 1. The molecule has 2 rings (SSSR count). The number of thiocarbonyl (C=S) groups is 1. The van der Waals surface area contributed by atoms with Crippen molar-refractivity contribution in [3.8, 4) is 0 Å². The molecule has 1 aliphatic rings. The number of ether oxygens (including phenoxy) is 1. The van der Waals surface area contributed by atoms with Gasteiger partial charge in [-0.05, 0) is 43.5 Å². The van der Waals surface area contributed by atoms with Crippen LogP contribution in [0.25, 0.3) is 0 Å². The van der Waals surface area contributed by atoms with Crippen molar-refractivity contribution in [3.05, 3.63) is 29.8 Å². The van der Waals surface area contributed by atoms with Crippen LogP contribution in [0.15, 0.2) is 24.3 Å². The zero-order valence-corrected chi connectivity index (χ0v) is 12.7. The number of carbonyl (C=O) groups is 1. The van der Waals surface area contributed by atoms with E-state index in [9.17, 15) is 4.79 Å². The van der Waals surface area contributed by atoms with Crippen LogP contribution in [-0.2, 0) is 9.53 Å². The van der Waals surface area contributed by atoms with Crippen LogP contribution in [0.3, 0.4) is 0 Å². The molecular formula is C15H20N2O2S. The maximum atomic E-state index is 12.3. The van der Waals surface area contributed by atoms with Gasteiger partial charge in [-0.2, -0.15) is 0 Å². The highest BCUT2D eigenvalue weighted by atomic mass is 32.1. The van der Waals surface area contributed by atoms with Crippen LogP contribution < -0.4 is 10.6 Å². The fourth-order valence-electron chi connectivity index (χ4n) is 2.41. The Morgan fingerprint density at radius 1 is 1.40 bits per heavy atom. The molecule has 20 heavy (non-hydrogen) atoms. The first-order valence-corrected chi connectivity index (χ1v) is 7.10. The molecule has 0 bridgehead atoms. The van der Waals surface area contributed by atoms with Crippen LogP contribution in [0.1, 0.15) is 31.2 Å². The average Bonchev–Trinajstić information content (AvgIpc) is 2.42. The molecule has 108 valence electrons. The minimum Gasteiger partial charge on any atom is -0.389 e. The summed E-state index contributed by atoms with van der Waals surface area (Å²) in [4.78, 5) is 14.3. The normalized spacial score (nSPS) is 16.3. The zero-order valence-electron chi connectivity index (χ0n) is 11.9. The van der Waals surface area contributed by atoms with E-state index in [1.54, 1.807) is 19.1 Å². The number of rotatable bonds is 5. The molecule has 0 spiro atoms. The second-order valence-electron chi connectivity index (χ2n) is 5.28. The van der Waals surface area contributed by atoms with Crippen molar-refractivity contribution in [3.63, 3.8) is 0 Å². The summed E-state index contributed by atoms with van der Waals surface area (Å²) >= 11 is 4.91. The number of nitrogens with zero attached hydrogens (tertiary/aromatic N) is 1. The Bertz CT molecular complexity index is 504. The first-order valence-electron chi connectivity index (χ1n) is 6.69. The second-order valence-corrected chi connectivity index (χ2v) is 5.72. The maximum absolute atomic E-state index is 12.3. The molecule has 5 heteroatoms. The summed E-state index contributed by atoms with van der Waals surface area (Å²) in [5.41, 5.74) is 6.95. The lowest BCUT2D eigenvalue weighted by Gasteiger charge is -2.40. The molecular weight excluding hydrogens is 272 g/mol. The molecule has 0 saturated heterocycles. The Morgan fingerprint density at radius 2 is 2.00 bits per heavy atom. The van der Waals surface area contributed by atoms with Gasteiger partial charge in [0.2, 0.25) is 5.91 Å². The molecule has 2 N–H and O–H groups in total. The number of hydrogen-bond acceptors (Lipinski definition) is 3. The third-order valence-electron chi connectivity index (χ3n) is 4.08. The van der Waals surface area contributed by atoms with Crippen molar-refractivity contribution in [2.75, 3.05) is 19.1 Å². The summed E-state index contributed by atoms with van der Waals surface area (Å²) in [5, 5.41) is 0. The average molecular weight is 292 g/mol. The van der Waals surface area contributed by atoms with E-state index in [2.05, 4.69) is 0 Å². The highest BCUT2D eigenvalue weighted by Gasteiger charge is 2.39. The van der Waals surface area contributed by atoms with E-state index in [1.165, 1.54) is 0 Å². The van der Waals surface area contributed by atoms with Gasteiger partial charge in [0.05, 0.1) is 12.0 Å². The summed E-state index contributed by atoms with van der Waals surface area (Å²) < 4.78 is 5.50. The molecule has 0 heterocycles. The van der Waals surface area contributed by atoms with Crippen LogP contribution >= 0.6 is 12.2 Å². The number of anilines is 1. The van der Waals surface area contributed by atoms with Gasteiger partial charge in [0.15, 0.2) is 0 Å². The quantitative estimate of drug-likeness (QED) is 0.846. The summed E-state index contributed by atoms with van der Waals surface area (Å²) in [7, 11) is 3.46. The highest BCUT2D eigenvalue weighted by molar-refractivity contribution is 7.80. The number of amides is 1. The van der Waals surface area contributed by atoms with Gasteiger partial charge in [-0.1, -0.05) is 12.2 Å². The van der Waals surface area contributed by atoms with Crippen LogP contribution in [0.2, 0.25) is 0 Å². The summed E-state index contributed by atoms with van der Waals surface area (Å²) in [6.45, 7) is 0. The Labute approximate surface area is 124 Å². The molecule has 0 atom stereocenters. The Morgan fingerprint density at radius 3 is 2.40 bits per heavy atom. The van der Waals surface area contributed by atoms with Gasteiger partial charge in [-0.25, -0.2) is 0 Å². The molecule has 1 fully saturated rings. The predicted octanol–water partition coefficient (Wildman–Crippen LogP) is 2.24. The third-order valence-corrected chi connectivity index (χ3v) is 4.32. The van der Waals surface area contributed by atoms with Gasteiger partial charge in [0.25, 0.3) is 0 Å². The summed E-state index contributed by atoms with van der Waals surface area (Å²) in [6, 6.07) is 7.37. The molecule has 1 aliphatic carbocycles. The van der Waals surface area contributed by atoms with Crippen LogP contribution in [0.5, 0.6) is 0 Å². The number of hydrogen-bond donors (Lipinski definition) is 1. The number of benzene rings is 1. The molecule has 1 aromatic carbocycles. The van der Waals surface area contributed by atoms with Crippen molar-refractivity contribution >= 4 is 28.8 Å². The van der Waals surface area contributed by atoms with Crippen LogP contribution in [0, 0.1) is 0 Å². The minimum atomic E-state index is -0.246. The van der Waals surface area contributed by atoms with E-state index in [4.69, 9.17) is 22.7 Å². The van der Waals surface area contributed by atoms with E-state index in [-0.39, 0.29) is 11.5 Å². The van der Waals surface area contributed by atoms with Crippen molar-refractivity contribution in [2.45, 2.75) is 31.3 Å². The molecule has 1 aromatic rings.